The van der Waals surface area contributed by atoms with Gasteiger partial charge in [0.25, 0.3) is 0 Å². The summed E-state index contributed by atoms with van der Waals surface area (Å²) in [7, 11) is -3.97. The number of rotatable bonds is 4. The zero-order chi connectivity index (χ0) is 20.4. The van der Waals surface area contributed by atoms with Crippen LogP contribution in [0.25, 0.3) is 6.08 Å². The second kappa shape index (κ2) is 8.02. The Balaban J connectivity index is 1.74. The van der Waals surface area contributed by atoms with E-state index in [1.807, 2.05) is 30.3 Å². The third kappa shape index (κ3) is 4.07. The summed E-state index contributed by atoms with van der Waals surface area (Å²) in [5, 5.41) is 2.59. The van der Waals surface area contributed by atoms with Gasteiger partial charge < -0.3 is 5.32 Å². The van der Waals surface area contributed by atoms with E-state index in [2.05, 4.69) is 15.3 Å². The molecule has 1 saturated heterocycles. The van der Waals surface area contributed by atoms with Gasteiger partial charge in [-0.1, -0.05) is 30.3 Å². The molecule has 0 bridgehead atoms. The van der Waals surface area contributed by atoms with Gasteiger partial charge in [-0.25, -0.2) is 22.8 Å². The van der Waals surface area contributed by atoms with Crippen LogP contribution in [-0.2, 0) is 14.6 Å². The number of benzene rings is 1. The highest BCUT2D eigenvalue weighted by atomic mass is 32.2. The number of hydrogen-bond donors (Lipinski definition) is 1. The first-order valence-corrected chi connectivity index (χ1v) is 11.2. The van der Waals surface area contributed by atoms with Crippen LogP contribution in [-0.4, -0.2) is 41.8 Å². The van der Waals surface area contributed by atoms with Crippen molar-refractivity contribution in [1.82, 2.24) is 15.3 Å². The van der Waals surface area contributed by atoms with Gasteiger partial charge in [0.1, 0.15) is 12.5 Å². The van der Waals surface area contributed by atoms with Crippen molar-refractivity contribution < 1.29 is 17.6 Å². The van der Waals surface area contributed by atoms with E-state index in [9.17, 15) is 17.6 Å². The number of piperidine rings is 1. The first-order valence-electron chi connectivity index (χ1n) is 9.62. The van der Waals surface area contributed by atoms with Gasteiger partial charge in [-0.2, -0.15) is 0 Å². The Kier molecular flexibility index (Phi) is 5.45. The second-order valence-corrected chi connectivity index (χ2v) is 9.57. The molecule has 0 radical (unpaired) electrons. The Morgan fingerprint density at radius 2 is 1.83 bits per heavy atom. The number of amides is 1. The van der Waals surface area contributed by atoms with E-state index < -0.39 is 33.1 Å². The van der Waals surface area contributed by atoms with Crippen LogP contribution in [0.5, 0.6) is 0 Å². The third-order valence-corrected chi connectivity index (χ3v) is 7.51. The van der Waals surface area contributed by atoms with Crippen LogP contribution in [0.2, 0.25) is 0 Å². The number of hydrogen-bond acceptors (Lipinski definition) is 5. The maximum atomic E-state index is 14.2. The fourth-order valence-corrected chi connectivity index (χ4v) is 6.14. The molecule has 2 fully saturated rings. The number of nitrogens with zero attached hydrogens (tertiary/aromatic N) is 2. The van der Waals surface area contributed by atoms with E-state index in [0.717, 1.165) is 11.0 Å². The highest BCUT2D eigenvalue weighted by molar-refractivity contribution is 7.95. The van der Waals surface area contributed by atoms with Crippen LogP contribution in [0, 0.1) is 5.92 Å². The normalized spacial score (nSPS) is 30.0. The minimum absolute atomic E-state index is 0.211. The molecular weight excluding hydrogens is 393 g/mol. The largest absolute Gasteiger partial charge is 0.352 e. The fourth-order valence-electron chi connectivity index (χ4n) is 4.49. The quantitative estimate of drug-likeness (QED) is 0.829. The number of carbonyl (C=O) groups excluding carboxylic acids is 1. The summed E-state index contributed by atoms with van der Waals surface area (Å²) in [6.45, 7) is 0. The van der Waals surface area contributed by atoms with Crippen LogP contribution in [0.4, 0.5) is 4.39 Å². The predicted molar refractivity (Wildman–Crippen MR) is 107 cm³/mol. The summed E-state index contributed by atoms with van der Waals surface area (Å²) in [5.74, 6) is -1.39. The molecule has 1 amide bonds. The van der Waals surface area contributed by atoms with Crippen molar-refractivity contribution in [3.63, 3.8) is 0 Å². The van der Waals surface area contributed by atoms with Gasteiger partial charge in [0.2, 0.25) is 5.91 Å². The lowest BCUT2D eigenvalue weighted by atomic mass is 9.69. The van der Waals surface area contributed by atoms with Crippen molar-refractivity contribution >= 4 is 21.8 Å². The van der Waals surface area contributed by atoms with Gasteiger partial charge in [-0.3, -0.25) is 4.79 Å². The molecule has 1 saturated carbocycles. The monoisotopic (exact) mass is 415 g/mol. The zero-order valence-electron chi connectivity index (χ0n) is 15.7. The number of halogens is 1. The maximum absolute atomic E-state index is 14.2. The van der Waals surface area contributed by atoms with Crippen molar-refractivity contribution in [2.75, 3.05) is 0 Å². The molecule has 152 valence electrons. The Morgan fingerprint density at radius 3 is 2.55 bits per heavy atom. The van der Waals surface area contributed by atoms with Crippen LogP contribution in [0.3, 0.4) is 0 Å². The predicted octanol–water partition coefficient (Wildman–Crippen LogP) is 2.65. The van der Waals surface area contributed by atoms with Crippen molar-refractivity contribution in [3.8, 4) is 0 Å². The van der Waals surface area contributed by atoms with Crippen molar-refractivity contribution in [2.24, 2.45) is 5.92 Å². The van der Waals surface area contributed by atoms with E-state index in [0.29, 0.717) is 18.4 Å². The van der Waals surface area contributed by atoms with Gasteiger partial charge in [0, 0.05) is 35.3 Å². The molecule has 1 aromatic heterocycles. The van der Waals surface area contributed by atoms with Crippen molar-refractivity contribution in [1.29, 1.82) is 0 Å². The summed E-state index contributed by atoms with van der Waals surface area (Å²) in [6, 6.07) is 8.89. The Hall–Kier alpha value is -2.61. The number of aromatic nitrogens is 2. The molecule has 6 nitrogen and oxygen atoms in total. The first kappa shape index (κ1) is 19.7. The molecular formula is C21H22FN3O3S. The van der Waals surface area contributed by atoms with Crippen LogP contribution in [0.15, 0.2) is 54.5 Å². The van der Waals surface area contributed by atoms with Gasteiger partial charge in [-0.05, 0) is 36.8 Å². The lowest BCUT2D eigenvalue weighted by Gasteiger charge is -2.45. The molecule has 2 aliphatic rings. The lowest BCUT2D eigenvalue weighted by molar-refractivity contribution is -0.125. The van der Waals surface area contributed by atoms with Crippen molar-refractivity contribution in [2.45, 2.75) is 42.6 Å². The van der Waals surface area contributed by atoms with Gasteiger partial charge in [-0.15, -0.1) is 0 Å². The van der Waals surface area contributed by atoms with Crippen LogP contribution < -0.4 is 5.32 Å². The van der Waals surface area contributed by atoms with Crippen molar-refractivity contribution in [3.05, 3.63) is 65.6 Å². The van der Waals surface area contributed by atoms with Gasteiger partial charge >= 0.3 is 0 Å². The molecule has 8 heteroatoms. The number of carbonyl (C=O) groups is 1. The SMILES string of the molecule is O=C1NC2CCC(F)CC2C(c2ccccc2)C1S(=O)(=O)/C=C/c1cncnc1. The first-order chi connectivity index (χ1) is 14.0. The molecule has 4 rings (SSSR count). The summed E-state index contributed by atoms with van der Waals surface area (Å²) < 4.78 is 40.7. The second-order valence-electron chi connectivity index (χ2n) is 7.61. The molecule has 2 aromatic rings. The zero-order valence-corrected chi connectivity index (χ0v) is 16.5. The van der Waals surface area contributed by atoms with Gasteiger partial charge in [0.15, 0.2) is 15.1 Å². The smallest absolute Gasteiger partial charge is 0.239 e. The fraction of sp³-hybridized carbons (Fsp3) is 0.381. The van der Waals surface area contributed by atoms with Gasteiger partial charge in [0.05, 0.1) is 0 Å². The highest BCUT2D eigenvalue weighted by Gasteiger charge is 2.51. The average molecular weight is 415 g/mol. The van der Waals surface area contributed by atoms with E-state index in [4.69, 9.17) is 0 Å². The number of alkyl halides is 1. The molecule has 1 aliphatic carbocycles. The van der Waals surface area contributed by atoms with Crippen LogP contribution >= 0.6 is 0 Å². The minimum atomic E-state index is -3.97. The van der Waals surface area contributed by atoms with E-state index >= 15 is 0 Å². The number of nitrogens with one attached hydrogen (secondary N) is 1. The molecule has 1 aliphatic heterocycles. The Morgan fingerprint density at radius 1 is 1.10 bits per heavy atom. The summed E-state index contributed by atoms with van der Waals surface area (Å²) in [4.78, 5) is 20.6. The topological polar surface area (TPSA) is 89.0 Å². The third-order valence-electron chi connectivity index (χ3n) is 5.78. The Bertz CT molecular complexity index is 998. The molecule has 29 heavy (non-hydrogen) atoms. The van der Waals surface area contributed by atoms with E-state index in [1.165, 1.54) is 24.8 Å². The molecule has 2 heterocycles. The minimum Gasteiger partial charge on any atom is -0.352 e. The maximum Gasteiger partial charge on any atom is 0.239 e. The highest BCUT2D eigenvalue weighted by Crippen LogP contribution is 2.44. The van der Waals surface area contributed by atoms with E-state index in [1.54, 1.807) is 0 Å². The standard InChI is InChI=1S/C21H22FN3O3S/c22-16-6-7-18-17(10-16)19(15-4-2-1-3-5-15)20(21(26)25-18)29(27,28)9-8-14-11-23-13-24-12-14/h1-5,8-9,11-13,16-20H,6-7,10H2,(H,25,26)/b9-8+. The van der Waals surface area contributed by atoms with Crippen LogP contribution in [0.1, 0.15) is 36.3 Å². The molecule has 5 unspecified atom stereocenters. The molecule has 1 N–H and O–H groups in total. The average Bonchev–Trinajstić information content (AvgIpc) is 2.73. The summed E-state index contributed by atoms with van der Waals surface area (Å²) in [6.07, 6.45) is 5.86. The summed E-state index contributed by atoms with van der Waals surface area (Å²) in [5.41, 5.74) is 1.26. The lowest BCUT2D eigenvalue weighted by Crippen LogP contribution is -2.59. The number of fused-ring (bicyclic) bond motifs is 1. The molecule has 5 atom stereocenters. The number of sulfone groups is 1. The molecule has 0 spiro atoms. The Labute approximate surface area is 169 Å². The van der Waals surface area contributed by atoms with E-state index in [-0.39, 0.29) is 18.4 Å². The molecule has 1 aromatic carbocycles. The summed E-state index contributed by atoms with van der Waals surface area (Å²) >= 11 is 0.